The maximum atomic E-state index is 12.6. The lowest BCUT2D eigenvalue weighted by atomic mass is 10.3. The van der Waals surface area contributed by atoms with Crippen LogP contribution in [-0.4, -0.2) is 59.0 Å². The van der Waals surface area contributed by atoms with Crippen molar-refractivity contribution in [2.24, 2.45) is 0 Å². The topological polar surface area (TPSA) is 74.5 Å². The van der Waals surface area contributed by atoms with Crippen molar-refractivity contribution in [3.63, 3.8) is 0 Å². The van der Waals surface area contributed by atoms with Gasteiger partial charge >= 0.3 is 0 Å². The van der Waals surface area contributed by atoms with Crippen molar-refractivity contribution in [1.29, 1.82) is 0 Å². The third-order valence-corrected chi connectivity index (χ3v) is 5.41. The maximum absolute atomic E-state index is 12.6. The molecule has 1 aliphatic heterocycles. The molecule has 2 heterocycles. The monoisotopic (exact) mass is 307 g/mol. The number of aromatic nitrogens is 1. The number of anilines is 2. The van der Waals surface area contributed by atoms with Crippen LogP contribution < -0.4 is 11.1 Å². The number of nitrogens with two attached hydrogens (primary N) is 1. The first-order valence-electron chi connectivity index (χ1n) is 7.77. The third kappa shape index (κ3) is 2.85. The van der Waals surface area contributed by atoms with Crippen LogP contribution in [0, 0.1) is 0 Å². The first-order chi connectivity index (χ1) is 10.2. The predicted octanol–water partition coefficient (Wildman–Crippen LogP) is 1.22. The number of hydrogen-bond donors (Lipinski definition) is 2. The van der Waals surface area contributed by atoms with Crippen LogP contribution in [0.25, 0.3) is 0 Å². The Balaban J connectivity index is 1.40. The summed E-state index contributed by atoms with van der Waals surface area (Å²) < 4.78 is 0. The lowest BCUT2D eigenvalue weighted by Crippen LogP contribution is -2.49. The number of nitrogens with zero attached hydrogens (tertiary/aromatic N) is 3. The van der Waals surface area contributed by atoms with Crippen LogP contribution in [-0.2, 0) is 0 Å². The van der Waals surface area contributed by atoms with Crippen LogP contribution in [0.1, 0.15) is 35.4 Å². The Morgan fingerprint density at radius 1 is 1.19 bits per heavy atom. The van der Waals surface area contributed by atoms with E-state index in [0.29, 0.717) is 16.7 Å². The number of piperazine rings is 1. The Labute approximate surface area is 128 Å². The van der Waals surface area contributed by atoms with E-state index in [-0.39, 0.29) is 5.91 Å². The molecule has 0 radical (unpaired) electrons. The van der Waals surface area contributed by atoms with Gasteiger partial charge in [0, 0.05) is 38.3 Å². The van der Waals surface area contributed by atoms with Gasteiger partial charge < -0.3 is 16.0 Å². The zero-order chi connectivity index (χ0) is 14.4. The molecule has 0 aromatic carbocycles. The van der Waals surface area contributed by atoms with Crippen molar-refractivity contribution < 1.29 is 4.79 Å². The second-order valence-corrected chi connectivity index (χ2v) is 7.21. The van der Waals surface area contributed by atoms with Crippen LogP contribution in [0.2, 0.25) is 0 Å². The molecule has 0 spiro atoms. The summed E-state index contributed by atoms with van der Waals surface area (Å²) in [4.78, 5) is 21.9. The van der Waals surface area contributed by atoms with Crippen LogP contribution in [0.5, 0.6) is 0 Å². The van der Waals surface area contributed by atoms with Crippen LogP contribution >= 0.6 is 11.3 Å². The lowest BCUT2D eigenvalue weighted by Gasteiger charge is -2.34. The van der Waals surface area contributed by atoms with E-state index in [1.165, 1.54) is 37.0 Å². The fourth-order valence-electron chi connectivity index (χ4n) is 2.82. The van der Waals surface area contributed by atoms with Gasteiger partial charge in [0.2, 0.25) is 0 Å². The van der Waals surface area contributed by atoms with Gasteiger partial charge in [0.15, 0.2) is 5.13 Å². The van der Waals surface area contributed by atoms with Crippen molar-refractivity contribution >= 4 is 28.2 Å². The molecule has 21 heavy (non-hydrogen) atoms. The summed E-state index contributed by atoms with van der Waals surface area (Å²) in [6, 6.07) is 1.31. The van der Waals surface area contributed by atoms with Crippen LogP contribution in [0.15, 0.2) is 0 Å². The van der Waals surface area contributed by atoms with E-state index in [1.807, 2.05) is 4.90 Å². The summed E-state index contributed by atoms with van der Waals surface area (Å²) in [5.41, 5.74) is 5.93. The zero-order valence-corrected chi connectivity index (χ0v) is 12.9. The highest BCUT2D eigenvalue weighted by molar-refractivity contribution is 7.18. The van der Waals surface area contributed by atoms with Gasteiger partial charge in [0.25, 0.3) is 5.91 Å². The number of nitrogen functional groups attached to an aromatic ring is 1. The molecule has 1 amide bonds. The Kier molecular flexibility index (Phi) is 3.26. The fourth-order valence-corrected chi connectivity index (χ4v) is 3.75. The minimum Gasteiger partial charge on any atom is -0.382 e. The Morgan fingerprint density at radius 3 is 2.52 bits per heavy atom. The lowest BCUT2D eigenvalue weighted by molar-refractivity contribution is 0.0633. The average molecular weight is 307 g/mol. The average Bonchev–Trinajstić information content (AvgIpc) is 3.38. The van der Waals surface area contributed by atoms with E-state index >= 15 is 0 Å². The largest absolute Gasteiger partial charge is 0.382 e. The standard InChI is InChI=1S/C14H21N5OS/c15-12-11(21-14(17-12)16-9-1-2-9)13(20)19-7-5-18(6-8-19)10-3-4-10/h9-10H,1-8,15H2,(H,16,17). The highest BCUT2D eigenvalue weighted by atomic mass is 32.1. The van der Waals surface area contributed by atoms with Crippen molar-refractivity contribution in [2.45, 2.75) is 37.8 Å². The van der Waals surface area contributed by atoms with Gasteiger partial charge in [0.05, 0.1) is 0 Å². The first kappa shape index (κ1) is 13.3. The molecule has 6 nitrogen and oxygen atoms in total. The SMILES string of the molecule is Nc1nc(NC2CC2)sc1C(=O)N1CCN(C2CC2)CC1. The molecule has 7 heteroatoms. The summed E-state index contributed by atoms with van der Waals surface area (Å²) in [7, 11) is 0. The summed E-state index contributed by atoms with van der Waals surface area (Å²) in [5.74, 6) is 0.419. The van der Waals surface area contributed by atoms with Gasteiger partial charge in [-0.05, 0) is 25.7 Å². The number of carbonyl (C=O) groups excluding carboxylic acids is 1. The zero-order valence-electron chi connectivity index (χ0n) is 12.0. The molecule has 0 unspecified atom stereocenters. The number of carbonyl (C=O) groups is 1. The Hall–Kier alpha value is -1.34. The summed E-state index contributed by atoms with van der Waals surface area (Å²) in [5, 5.41) is 4.10. The number of amides is 1. The Bertz CT molecular complexity index is 544. The second kappa shape index (κ2) is 5.14. The van der Waals surface area contributed by atoms with Gasteiger partial charge in [-0.1, -0.05) is 11.3 Å². The van der Waals surface area contributed by atoms with E-state index in [0.717, 1.165) is 37.4 Å². The van der Waals surface area contributed by atoms with E-state index in [4.69, 9.17) is 5.73 Å². The van der Waals surface area contributed by atoms with Crippen molar-refractivity contribution in [2.75, 3.05) is 37.2 Å². The highest BCUT2D eigenvalue weighted by Gasteiger charge is 2.33. The second-order valence-electron chi connectivity index (χ2n) is 6.21. The molecular weight excluding hydrogens is 286 g/mol. The molecule has 0 atom stereocenters. The maximum Gasteiger partial charge on any atom is 0.267 e. The molecule has 114 valence electrons. The quantitative estimate of drug-likeness (QED) is 0.875. The van der Waals surface area contributed by atoms with Crippen LogP contribution in [0.3, 0.4) is 0 Å². The van der Waals surface area contributed by atoms with Gasteiger partial charge in [0.1, 0.15) is 10.7 Å². The fraction of sp³-hybridized carbons (Fsp3) is 0.714. The smallest absolute Gasteiger partial charge is 0.267 e. The van der Waals surface area contributed by atoms with E-state index in [1.54, 1.807) is 0 Å². The molecule has 3 fully saturated rings. The molecule has 2 saturated carbocycles. The third-order valence-electron chi connectivity index (χ3n) is 4.42. The molecule has 3 aliphatic rings. The number of nitrogens with one attached hydrogen (secondary N) is 1. The molecule has 1 aromatic rings. The Morgan fingerprint density at radius 2 is 1.90 bits per heavy atom. The number of rotatable bonds is 4. The normalized spacial score (nSPS) is 23.3. The van der Waals surface area contributed by atoms with E-state index in [2.05, 4.69) is 15.2 Å². The number of hydrogen-bond acceptors (Lipinski definition) is 6. The minimum atomic E-state index is 0.0456. The van der Waals surface area contributed by atoms with Gasteiger partial charge in [-0.15, -0.1) is 0 Å². The summed E-state index contributed by atoms with van der Waals surface area (Å²) in [6.07, 6.45) is 5.02. The van der Waals surface area contributed by atoms with Gasteiger partial charge in [-0.3, -0.25) is 9.69 Å². The molecule has 4 rings (SSSR count). The highest BCUT2D eigenvalue weighted by Crippen LogP contribution is 2.32. The molecular formula is C14H21N5OS. The van der Waals surface area contributed by atoms with Crippen molar-refractivity contribution in [1.82, 2.24) is 14.8 Å². The molecule has 3 N–H and O–H groups in total. The van der Waals surface area contributed by atoms with E-state index in [9.17, 15) is 4.79 Å². The summed E-state index contributed by atoms with van der Waals surface area (Å²) >= 11 is 1.40. The molecule has 0 bridgehead atoms. The minimum absolute atomic E-state index is 0.0456. The molecule has 1 saturated heterocycles. The predicted molar refractivity (Wildman–Crippen MR) is 83.7 cm³/mol. The summed E-state index contributed by atoms with van der Waals surface area (Å²) in [6.45, 7) is 3.58. The van der Waals surface area contributed by atoms with Crippen molar-refractivity contribution in [3.05, 3.63) is 4.88 Å². The molecule has 2 aliphatic carbocycles. The number of thiazole rings is 1. The van der Waals surface area contributed by atoms with Crippen molar-refractivity contribution in [3.8, 4) is 0 Å². The van der Waals surface area contributed by atoms with Gasteiger partial charge in [-0.2, -0.15) is 0 Å². The van der Waals surface area contributed by atoms with Crippen LogP contribution in [0.4, 0.5) is 10.9 Å². The molecule has 1 aromatic heterocycles. The first-order valence-corrected chi connectivity index (χ1v) is 8.58. The van der Waals surface area contributed by atoms with Gasteiger partial charge in [-0.25, -0.2) is 4.98 Å². The van der Waals surface area contributed by atoms with E-state index < -0.39 is 0 Å².